The molecule has 0 spiro atoms. The molecule has 1 atom stereocenters. The van der Waals surface area contributed by atoms with Gasteiger partial charge in [0.2, 0.25) is 5.91 Å². The van der Waals surface area contributed by atoms with E-state index in [4.69, 9.17) is 4.74 Å². The first-order valence-electron chi connectivity index (χ1n) is 6.92. The van der Waals surface area contributed by atoms with E-state index in [1.807, 2.05) is 20.9 Å². The van der Waals surface area contributed by atoms with Crippen molar-refractivity contribution in [1.82, 2.24) is 15.5 Å². The Hall–Kier alpha value is -0.650. The Bertz CT molecular complexity index is 242. The van der Waals surface area contributed by atoms with Crippen LogP contribution in [0.15, 0.2) is 0 Å². The van der Waals surface area contributed by atoms with Crippen molar-refractivity contribution in [2.75, 3.05) is 39.8 Å². The second-order valence-electron chi connectivity index (χ2n) is 4.97. The number of piperidine rings is 1. The van der Waals surface area contributed by atoms with Gasteiger partial charge in [-0.15, -0.1) is 0 Å². The molecular formula is C13H27N3O2. The highest BCUT2D eigenvalue weighted by Gasteiger charge is 2.19. The first-order valence-corrected chi connectivity index (χ1v) is 6.92. The second kappa shape index (κ2) is 8.45. The Balaban J connectivity index is 2.18. The maximum Gasteiger partial charge on any atom is 0.234 e. The van der Waals surface area contributed by atoms with E-state index in [9.17, 15) is 4.79 Å². The number of rotatable bonds is 7. The minimum absolute atomic E-state index is 0.0857. The average Bonchev–Trinajstić information content (AvgIpc) is 2.38. The van der Waals surface area contributed by atoms with Crippen molar-refractivity contribution in [3.63, 3.8) is 0 Å². The molecule has 0 aromatic rings. The van der Waals surface area contributed by atoms with Crippen LogP contribution in [-0.4, -0.2) is 62.8 Å². The zero-order valence-corrected chi connectivity index (χ0v) is 11.9. The van der Waals surface area contributed by atoms with Gasteiger partial charge in [-0.3, -0.25) is 9.69 Å². The first-order chi connectivity index (χ1) is 8.63. The van der Waals surface area contributed by atoms with E-state index in [0.717, 1.165) is 25.9 Å². The summed E-state index contributed by atoms with van der Waals surface area (Å²) in [5.41, 5.74) is 0. The number of ether oxygens (including phenoxy) is 1. The number of hydrogen-bond donors (Lipinski definition) is 2. The predicted molar refractivity (Wildman–Crippen MR) is 72.6 cm³/mol. The number of carbonyl (C=O) groups excluding carboxylic acids is 1. The molecule has 0 bridgehead atoms. The number of hydrogen-bond acceptors (Lipinski definition) is 4. The van der Waals surface area contributed by atoms with Gasteiger partial charge in [-0.2, -0.15) is 0 Å². The lowest BCUT2D eigenvalue weighted by Crippen LogP contribution is -2.46. The third-order valence-corrected chi connectivity index (χ3v) is 3.36. The zero-order valence-electron chi connectivity index (χ0n) is 11.9. The molecule has 18 heavy (non-hydrogen) atoms. The highest BCUT2D eigenvalue weighted by Crippen LogP contribution is 2.08. The van der Waals surface area contributed by atoms with Crippen LogP contribution in [0.25, 0.3) is 0 Å². The number of likely N-dealkylation sites (N-methyl/N-ethyl adjacent to an activating group) is 1. The number of amides is 1. The van der Waals surface area contributed by atoms with E-state index < -0.39 is 0 Å². The maximum atomic E-state index is 11.8. The third kappa shape index (κ3) is 5.80. The Labute approximate surface area is 110 Å². The molecule has 5 nitrogen and oxygen atoms in total. The predicted octanol–water partition coefficient (Wildman–Crippen LogP) is 0.211. The lowest BCUT2D eigenvalue weighted by atomic mass is 10.1. The quantitative estimate of drug-likeness (QED) is 0.685. The zero-order chi connectivity index (χ0) is 13.4. The topological polar surface area (TPSA) is 53.6 Å². The molecule has 5 heteroatoms. The summed E-state index contributed by atoms with van der Waals surface area (Å²) in [7, 11) is 2.03. The van der Waals surface area contributed by atoms with Crippen molar-refractivity contribution in [3.05, 3.63) is 0 Å². The van der Waals surface area contributed by atoms with Crippen molar-refractivity contribution in [2.24, 2.45) is 0 Å². The summed E-state index contributed by atoms with van der Waals surface area (Å²) in [5.74, 6) is 0.0857. The average molecular weight is 257 g/mol. The minimum Gasteiger partial charge on any atom is -0.377 e. The highest BCUT2D eigenvalue weighted by atomic mass is 16.5. The van der Waals surface area contributed by atoms with E-state index in [-0.39, 0.29) is 12.0 Å². The molecule has 1 amide bonds. The van der Waals surface area contributed by atoms with Gasteiger partial charge in [-0.1, -0.05) is 0 Å². The van der Waals surface area contributed by atoms with Crippen molar-refractivity contribution in [2.45, 2.75) is 38.8 Å². The molecule has 0 radical (unpaired) electrons. The van der Waals surface area contributed by atoms with Gasteiger partial charge in [-0.25, -0.2) is 0 Å². The maximum absolute atomic E-state index is 11.8. The summed E-state index contributed by atoms with van der Waals surface area (Å²) >= 11 is 0. The van der Waals surface area contributed by atoms with E-state index in [2.05, 4.69) is 15.5 Å². The molecule has 1 saturated heterocycles. The van der Waals surface area contributed by atoms with Gasteiger partial charge in [0.25, 0.3) is 0 Å². The minimum atomic E-state index is 0.0857. The standard InChI is InChI=1S/C13H27N3O2/c1-4-18-11(2)9-15-13(17)10-16(3)12-5-7-14-8-6-12/h11-12,14H,4-10H2,1-3H3,(H,15,17). The van der Waals surface area contributed by atoms with Crippen LogP contribution in [0.4, 0.5) is 0 Å². The molecule has 1 unspecified atom stereocenters. The summed E-state index contributed by atoms with van der Waals surface area (Å²) < 4.78 is 5.38. The summed E-state index contributed by atoms with van der Waals surface area (Å²) in [5, 5.41) is 6.25. The molecule has 0 aromatic heterocycles. The fourth-order valence-electron chi connectivity index (χ4n) is 2.26. The molecule has 1 aliphatic rings. The molecule has 2 N–H and O–H groups in total. The molecular weight excluding hydrogens is 230 g/mol. The SMILES string of the molecule is CCOC(C)CNC(=O)CN(C)C1CCNCC1. The van der Waals surface area contributed by atoms with Crippen molar-refractivity contribution in [3.8, 4) is 0 Å². The Morgan fingerprint density at radius 3 is 2.78 bits per heavy atom. The van der Waals surface area contributed by atoms with Gasteiger partial charge in [0.1, 0.15) is 0 Å². The van der Waals surface area contributed by atoms with Gasteiger partial charge in [-0.05, 0) is 46.8 Å². The van der Waals surface area contributed by atoms with Gasteiger partial charge in [0.05, 0.1) is 12.6 Å². The van der Waals surface area contributed by atoms with Gasteiger partial charge in [0, 0.05) is 19.2 Å². The first kappa shape index (κ1) is 15.4. The monoisotopic (exact) mass is 257 g/mol. The molecule has 1 heterocycles. The van der Waals surface area contributed by atoms with Crippen LogP contribution in [0, 0.1) is 0 Å². The molecule has 0 aromatic carbocycles. The van der Waals surface area contributed by atoms with Crippen LogP contribution in [-0.2, 0) is 9.53 Å². The summed E-state index contributed by atoms with van der Waals surface area (Å²) in [6.45, 7) is 7.79. The molecule has 1 rings (SSSR count). The summed E-state index contributed by atoms with van der Waals surface area (Å²) in [6, 6.07) is 0.529. The van der Waals surface area contributed by atoms with E-state index >= 15 is 0 Å². The van der Waals surface area contributed by atoms with Crippen LogP contribution < -0.4 is 10.6 Å². The van der Waals surface area contributed by atoms with Gasteiger partial charge < -0.3 is 15.4 Å². The number of carbonyl (C=O) groups is 1. The third-order valence-electron chi connectivity index (χ3n) is 3.36. The molecule has 0 saturated carbocycles. The second-order valence-corrected chi connectivity index (χ2v) is 4.97. The normalized spacial score (nSPS) is 18.9. The molecule has 0 aliphatic carbocycles. The van der Waals surface area contributed by atoms with Crippen LogP contribution in [0.2, 0.25) is 0 Å². The summed E-state index contributed by atoms with van der Waals surface area (Å²) in [4.78, 5) is 13.9. The van der Waals surface area contributed by atoms with E-state index in [1.54, 1.807) is 0 Å². The van der Waals surface area contributed by atoms with Crippen LogP contribution >= 0.6 is 0 Å². The summed E-state index contributed by atoms with van der Waals surface area (Å²) in [6.07, 6.45) is 2.33. The van der Waals surface area contributed by atoms with E-state index in [0.29, 0.717) is 25.7 Å². The van der Waals surface area contributed by atoms with Crippen LogP contribution in [0.5, 0.6) is 0 Å². The smallest absolute Gasteiger partial charge is 0.234 e. The van der Waals surface area contributed by atoms with Gasteiger partial charge in [0.15, 0.2) is 0 Å². The highest BCUT2D eigenvalue weighted by molar-refractivity contribution is 5.78. The van der Waals surface area contributed by atoms with Crippen molar-refractivity contribution < 1.29 is 9.53 Å². The van der Waals surface area contributed by atoms with Crippen LogP contribution in [0.1, 0.15) is 26.7 Å². The van der Waals surface area contributed by atoms with E-state index in [1.165, 1.54) is 0 Å². The lowest BCUT2D eigenvalue weighted by Gasteiger charge is -2.31. The van der Waals surface area contributed by atoms with Crippen LogP contribution in [0.3, 0.4) is 0 Å². The number of nitrogens with zero attached hydrogens (tertiary/aromatic N) is 1. The van der Waals surface area contributed by atoms with Crippen molar-refractivity contribution in [1.29, 1.82) is 0 Å². The Kier molecular flexibility index (Phi) is 7.23. The lowest BCUT2D eigenvalue weighted by molar-refractivity contribution is -0.123. The number of nitrogens with one attached hydrogen (secondary N) is 2. The van der Waals surface area contributed by atoms with Crippen molar-refractivity contribution >= 4 is 5.91 Å². The largest absolute Gasteiger partial charge is 0.377 e. The Morgan fingerprint density at radius 2 is 2.17 bits per heavy atom. The Morgan fingerprint density at radius 1 is 1.50 bits per heavy atom. The van der Waals surface area contributed by atoms with Gasteiger partial charge >= 0.3 is 0 Å². The fourth-order valence-corrected chi connectivity index (χ4v) is 2.26. The molecule has 106 valence electrons. The fraction of sp³-hybridized carbons (Fsp3) is 0.923. The molecule has 1 aliphatic heterocycles. The molecule has 1 fully saturated rings.